The van der Waals surface area contributed by atoms with Crippen molar-refractivity contribution < 1.29 is 9.53 Å². The summed E-state index contributed by atoms with van der Waals surface area (Å²) in [7, 11) is 1.43. The summed E-state index contributed by atoms with van der Waals surface area (Å²) < 4.78 is 5.85. The van der Waals surface area contributed by atoms with Crippen molar-refractivity contribution in [2.24, 2.45) is 5.92 Å². The van der Waals surface area contributed by atoms with Crippen molar-refractivity contribution in [3.63, 3.8) is 0 Å². The Kier molecular flexibility index (Phi) is 6.19. The maximum atomic E-state index is 11.8. The van der Waals surface area contributed by atoms with E-state index in [1.807, 2.05) is 24.3 Å². The SMILES string of the molecule is CCCC(C)C(Nc1cccc(Br)c1)C(=O)OC. The highest BCUT2D eigenvalue weighted by atomic mass is 79.9. The summed E-state index contributed by atoms with van der Waals surface area (Å²) in [5, 5.41) is 3.25. The Morgan fingerprint density at radius 3 is 2.78 bits per heavy atom. The molecule has 0 aliphatic carbocycles. The van der Waals surface area contributed by atoms with Crippen LogP contribution in [0.4, 0.5) is 5.69 Å². The number of hydrogen-bond donors (Lipinski definition) is 1. The number of halogens is 1. The number of carbonyl (C=O) groups is 1. The lowest BCUT2D eigenvalue weighted by Crippen LogP contribution is -2.36. The lowest BCUT2D eigenvalue weighted by molar-refractivity contribution is -0.142. The average Bonchev–Trinajstić information content (AvgIpc) is 2.35. The second-order valence-electron chi connectivity index (χ2n) is 4.42. The summed E-state index contributed by atoms with van der Waals surface area (Å²) in [6.45, 7) is 4.18. The summed E-state index contributed by atoms with van der Waals surface area (Å²) >= 11 is 3.42. The average molecular weight is 314 g/mol. The van der Waals surface area contributed by atoms with E-state index in [0.29, 0.717) is 0 Å². The van der Waals surface area contributed by atoms with Gasteiger partial charge in [0.25, 0.3) is 0 Å². The maximum Gasteiger partial charge on any atom is 0.328 e. The molecule has 1 aromatic rings. The first-order valence-electron chi connectivity index (χ1n) is 6.18. The van der Waals surface area contributed by atoms with Gasteiger partial charge in [-0.1, -0.05) is 42.3 Å². The van der Waals surface area contributed by atoms with Crippen LogP contribution in [0.3, 0.4) is 0 Å². The quantitative estimate of drug-likeness (QED) is 0.811. The van der Waals surface area contributed by atoms with Crippen molar-refractivity contribution in [3.8, 4) is 0 Å². The van der Waals surface area contributed by atoms with Crippen LogP contribution in [0.15, 0.2) is 28.7 Å². The van der Waals surface area contributed by atoms with E-state index >= 15 is 0 Å². The number of methoxy groups -OCH3 is 1. The van der Waals surface area contributed by atoms with Crippen molar-refractivity contribution in [1.82, 2.24) is 0 Å². The predicted molar refractivity (Wildman–Crippen MR) is 77.6 cm³/mol. The molecule has 0 saturated carbocycles. The Morgan fingerprint density at radius 2 is 2.22 bits per heavy atom. The van der Waals surface area contributed by atoms with Crippen LogP contribution in [0.2, 0.25) is 0 Å². The normalized spacial score (nSPS) is 13.8. The zero-order valence-electron chi connectivity index (χ0n) is 11.1. The van der Waals surface area contributed by atoms with E-state index in [9.17, 15) is 4.79 Å². The zero-order chi connectivity index (χ0) is 13.5. The Bertz CT molecular complexity index is 395. The number of anilines is 1. The molecule has 0 aromatic heterocycles. The molecule has 1 aromatic carbocycles. The molecule has 2 atom stereocenters. The van der Waals surface area contributed by atoms with Crippen molar-refractivity contribution in [2.75, 3.05) is 12.4 Å². The molecular formula is C14H20BrNO2. The minimum Gasteiger partial charge on any atom is -0.467 e. The zero-order valence-corrected chi connectivity index (χ0v) is 12.7. The maximum absolute atomic E-state index is 11.8. The van der Waals surface area contributed by atoms with Crippen LogP contribution >= 0.6 is 15.9 Å². The van der Waals surface area contributed by atoms with Gasteiger partial charge in [-0.3, -0.25) is 0 Å². The van der Waals surface area contributed by atoms with Gasteiger partial charge in [0.2, 0.25) is 0 Å². The summed E-state index contributed by atoms with van der Waals surface area (Å²) in [6, 6.07) is 7.48. The summed E-state index contributed by atoms with van der Waals surface area (Å²) in [4.78, 5) is 11.8. The standard InChI is InChI=1S/C14H20BrNO2/c1-4-6-10(2)13(14(17)18-3)16-12-8-5-7-11(15)9-12/h5,7-10,13,16H,4,6H2,1-3H3. The molecule has 0 fully saturated rings. The predicted octanol–water partition coefficient (Wildman–Crippen LogP) is 3.84. The van der Waals surface area contributed by atoms with Gasteiger partial charge in [0.15, 0.2) is 0 Å². The molecule has 0 heterocycles. The van der Waals surface area contributed by atoms with Gasteiger partial charge in [-0.15, -0.1) is 0 Å². The first kappa shape index (κ1) is 15.0. The van der Waals surface area contributed by atoms with E-state index in [2.05, 4.69) is 35.1 Å². The highest BCUT2D eigenvalue weighted by Gasteiger charge is 2.25. The summed E-state index contributed by atoms with van der Waals surface area (Å²) in [6.07, 6.45) is 2.04. The summed E-state index contributed by atoms with van der Waals surface area (Å²) in [5.41, 5.74) is 0.919. The van der Waals surface area contributed by atoms with Crippen molar-refractivity contribution in [2.45, 2.75) is 32.7 Å². The van der Waals surface area contributed by atoms with E-state index < -0.39 is 0 Å². The molecule has 100 valence electrons. The first-order valence-corrected chi connectivity index (χ1v) is 6.97. The molecule has 0 saturated heterocycles. The fourth-order valence-corrected chi connectivity index (χ4v) is 2.34. The van der Waals surface area contributed by atoms with Gasteiger partial charge < -0.3 is 10.1 Å². The molecule has 0 amide bonds. The fourth-order valence-electron chi connectivity index (χ4n) is 1.94. The van der Waals surface area contributed by atoms with Gasteiger partial charge >= 0.3 is 5.97 Å². The number of rotatable bonds is 6. The molecule has 0 radical (unpaired) electrons. The molecular weight excluding hydrogens is 294 g/mol. The summed E-state index contributed by atoms with van der Waals surface area (Å²) in [5.74, 6) is 0.0253. The highest BCUT2D eigenvalue weighted by Crippen LogP contribution is 2.20. The van der Waals surface area contributed by atoms with Gasteiger partial charge in [-0.25, -0.2) is 4.79 Å². The number of nitrogens with one attached hydrogen (secondary N) is 1. The van der Waals surface area contributed by atoms with Crippen molar-refractivity contribution in [3.05, 3.63) is 28.7 Å². The second kappa shape index (κ2) is 7.41. The van der Waals surface area contributed by atoms with Gasteiger partial charge in [0.1, 0.15) is 6.04 Å². The van der Waals surface area contributed by atoms with Gasteiger partial charge in [-0.2, -0.15) is 0 Å². The van der Waals surface area contributed by atoms with Crippen LogP contribution in [0.5, 0.6) is 0 Å². The van der Waals surface area contributed by atoms with E-state index in [4.69, 9.17) is 4.74 Å². The monoisotopic (exact) mass is 313 g/mol. The van der Waals surface area contributed by atoms with Gasteiger partial charge in [0.05, 0.1) is 7.11 Å². The van der Waals surface area contributed by atoms with E-state index in [1.54, 1.807) is 0 Å². The van der Waals surface area contributed by atoms with Crippen LogP contribution in [0.25, 0.3) is 0 Å². The largest absolute Gasteiger partial charge is 0.467 e. The van der Waals surface area contributed by atoms with E-state index in [0.717, 1.165) is 23.0 Å². The van der Waals surface area contributed by atoms with Crippen LogP contribution in [-0.4, -0.2) is 19.1 Å². The van der Waals surface area contributed by atoms with E-state index in [1.165, 1.54) is 7.11 Å². The van der Waals surface area contributed by atoms with Crippen molar-refractivity contribution >= 4 is 27.6 Å². The van der Waals surface area contributed by atoms with Crippen LogP contribution in [0, 0.1) is 5.92 Å². The van der Waals surface area contributed by atoms with Gasteiger partial charge in [0, 0.05) is 10.2 Å². The molecule has 0 aliphatic heterocycles. The topological polar surface area (TPSA) is 38.3 Å². The minimum absolute atomic E-state index is 0.212. The molecule has 2 unspecified atom stereocenters. The molecule has 18 heavy (non-hydrogen) atoms. The highest BCUT2D eigenvalue weighted by molar-refractivity contribution is 9.10. The Balaban J connectivity index is 2.81. The van der Waals surface area contributed by atoms with E-state index in [-0.39, 0.29) is 17.9 Å². The van der Waals surface area contributed by atoms with Crippen LogP contribution < -0.4 is 5.32 Å². The third-order valence-electron chi connectivity index (χ3n) is 2.91. The molecule has 0 aliphatic rings. The Hall–Kier alpha value is -1.03. The lowest BCUT2D eigenvalue weighted by atomic mass is 9.96. The molecule has 1 rings (SSSR count). The minimum atomic E-state index is -0.302. The van der Waals surface area contributed by atoms with Crippen LogP contribution in [-0.2, 0) is 9.53 Å². The number of carbonyl (C=O) groups excluding carboxylic acids is 1. The van der Waals surface area contributed by atoms with Crippen LogP contribution in [0.1, 0.15) is 26.7 Å². The molecule has 1 N–H and O–H groups in total. The number of hydrogen-bond acceptors (Lipinski definition) is 3. The number of ether oxygens (including phenoxy) is 1. The van der Waals surface area contributed by atoms with Gasteiger partial charge in [-0.05, 0) is 30.5 Å². The fraction of sp³-hybridized carbons (Fsp3) is 0.500. The third kappa shape index (κ3) is 4.33. The first-order chi connectivity index (χ1) is 8.58. The second-order valence-corrected chi connectivity index (χ2v) is 5.34. The molecule has 0 bridgehead atoms. The third-order valence-corrected chi connectivity index (χ3v) is 3.41. The molecule has 4 heteroatoms. The Labute approximate surface area is 117 Å². The molecule has 3 nitrogen and oxygen atoms in total. The molecule has 0 spiro atoms. The smallest absolute Gasteiger partial charge is 0.328 e. The van der Waals surface area contributed by atoms with Crippen molar-refractivity contribution in [1.29, 1.82) is 0 Å². The Morgan fingerprint density at radius 1 is 1.50 bits per heavy atom. The number of benzene rings is 1. The number of esters is 1. The lowest BCUT2D eigenvalue weighted by Gasteiger charge is -2.23.